The number of rotatable bonds is 4. The lowest BCUT2D eigenvalue weighted by molar-refractivity contribution is -0.101. The van der Waals surface area contributed by atoms with Gasteiger partial charge in [-0.3, -0.25) is 0 Å². The van der Waals surface area contributed by atoms with E-state index in [4.69, 9.17) is 9.47 Å². The first-order valence-electron chi connectivity index (χ1n) is 9.36. The molecule has 0 aromatic rings. The van der Waals surface area contributed by atoms with Crippen LogP contribution in [0.25, 0.3) is 0 Å². The first-order valence-corrected chi connectivity index (χ1v) is 9.36. The molecule has 0 atom stereocenters. The molecule has 0 unspecified atom stereocenters. The molecular formula is C18H32O4. The van der Waals surface area contributed by atoms with E-state index < -0.39 is 0 Å². The molecule has 0 radical (unpaired) electrons. The van der Waals surface area contributed by atoms with Crippen LogP contribution in [-0.4, -0.2) is 46.8 Å². The minimum atomic E-state index is -0.0991. The zero-order valence-corrected chi connectivity index (χ0v) is 13.7. The average Bonchev–Trinajstić information content (AvgIpc) is 2.54. The Balaban J connectivity index is 1.32. The number of aliphatic hydroxyl groups excluding tert-OH is 2. The minimum Gasteiger partial charge on any atom is -0.393 e. The fraction of sp³-hybridized carbons (Fsp3) is 1.00. The first kappa shape index (κ1) is 16.7. The predicted molar refractivity (Wildman–Crippen MR) is 84.7 cm³/mol. The Bertz CT molecular complexity index is 279. The maximum absolute atomic E-state index is 9.55. The van der Waals surface area contributed by atoms with Crippen LogP contribution in [0.2, 0.25) is 0 Å². The fourth-order valence-electron chi connectivity index (χ4n) is 4.21. The molecule has 4 heteroatoms. The third-order valence-corrected chi connectivity index (χ3v) is 5.68. The second kappa shape index (κ2) is 8.09. The molecule has 4 nitrogen and oxygen atoms in total. The number of hydrogen-bond acceptors (Lipinski definition) is 4. The Kier molecular flexibility index (Phi) is 6.14. The molecular weight excluding hydrogens is 280 g/mol. The number of ether oxygens (including phenoxy) is 2. The van der Waals surface area contributed by atoms with Crippen LogP contribution in [0.1, 0.15) is 77.0 Å². The Morgan fingerprint density at radius 1 is 0.409 bits per heavy atom. The van der Waals surface area contributed by atoms with Crippen molar-refractivity contribution in [2.75, 3.05) is 0 Å². The summed E-state index contributed by atoms with van der Waals surface area (Å²) in [6, 6.07) is 0. The van der Waals surface area contributed by atoms with Gasteiger partial charge in [-0.2, -0.15) is 0 Å². The lowest BCUT2D eigenvalue weighted by Crippen LogP contribution is -2.35. The van der Waals surface area contributed by atoms with Crippen LogP contribution in [-0.2, 0) is 9.47 Å². The standard InChI is InChI=1S/C18H32O4/c19-13-1-5-15(6-2-13)21-17-9-11-18(12-10-17)22-16-7-3-14(20)4-8-16/h13-20H,1-12H2. The molecule has 3 rings (SSSR count). The van der Waals surface area contributed by atoms with E-state index >= 15 is 0 Å². The highest BCUT2D eigenvalue weighted by molar-refractivity contribution is 4.79. The summed E-state index contributed by atoms with van der Waals surface area (Å²) in [4.78, 5) is 0. The highest BCUT2D eigenvalue weighted by Crippen LogP contribution is 2.31. The van der Waals surface area contributed by atoms with Crippen LogP contribution in [0.3, 0.4) is 0 Å². The summed E-state index contributed by atoms with van der Waals surface area (Å²) in [5, 5.41) is 19.1. The van der Waals surface area contributed by atoms with Crippen molar-refractivity contribution >= 4 is 0 Å². The van der Waals surface area contributed by atoms with Gasteiger partial charge in [0, 0.05) is 0 Å². The van der Waals surface area contributed by atoms with Crippen molar-refractivity contribution in [2.45, 2.75) is 114 Å². The van der Waals surface area contributed by atoms with E-state index in [0.717, 1.165) is 77.0 Å². The monoisotopic (exact) mass is 312 g/mol. The van der Waals surface area contributed by atoms with Crippen molar-refractivity contribution in [3.63, 3.8) is 0 Å². The second-order valence-corrected chi connectivity index (χ2v) is 7.53. The summed E-state index contributed by atoms with van der Waals surface area (Å²) < 4.78 is 12.5. The Labute approximate surface area is 134 Å². The third-order valence-electron chi connectivity index (χ3n) is 5.68. The number of hydrogen-bond donors (Lipinski definition) is 2. The van der Waals surface area contributed by atoms with Crippen LogP contribution in [0, 0.1) is 0 Å². The average molecular weight is 312 g/mol. The molecule has 3 fully saturated rings. The van der Waals surface area contributed by atoms with E-state index in [-0.39, 0.29) is 12.2 Å². The van der Waals surface area contributed by atoms with Crippen LogP contribution in [0.4, 0.5) is 0 Å². The third kappa shape index (κ3) is 4.92. The fourth-order valence-corrected chi connectivity index (χ4v) is 4.21. The summed E-state index contributed by atoms with van der Waals surface area (Å²) in [6.45, 7) is 0. The van der Waals surface area contributed by atoms with Gasteiger partial charge in [0.2, 0.25) is 0 Å². The molecule has 2 N–H and O–H groups in total. The molecule has 128 valence electrons. The van der Waals surface area contributed by atoms with Crippen molar-refractivity contribution in [1.29, 1.82) is 0 Å². The van der Waals surface area contributed by atoms with Crippen LogP contribution < -0.4 is 0 Å². The first-order chi connectivity index (χ1) is 10.7. The van der Waals surface area contributed by atoms with E-state index in [2.05, 4.69) is 0 Å². The van der Waals surface area contributed by atoms with Gasteiger partial charge in [-0.25, -0.2) is 0 Å². The lowest BCUT2D eigenvalue weighted by Gasteiger charge is -2.36. The molecule has 0 saturated heterocycles. The van der Waals surface area contributed by atoms with E-state index in [9.17, 15) is 10.2 Å². The van der Waals surface area contributed by atoms with Crippen LogP contribution in [0.15, 0.2) is 0 Å². The van der Waals surface area contributed by atoms with E-state index in [1.165, 1.54) is 0 Å². The van der Waals surface area contributed by atoms with Crippen LogP contribution >= 0.6 is 0 Å². The zero-order chi connectivity index (χ0) is 15.4. The van der Waals surface area contributed by atoms with Crippen molar-refractivity contribution in [2.24, 2.45) is 0 Å². The van der Waals surface area contributed by atoms with Crippen LogP contribution in [0.5, 0.6) is 0 Å². The van der Waals surface area contributed by atoms with E-state index in [0.29, 0.717) is 24.4 Å². The Morgan fingerprint density at radius 3 is 0.909 bits per heavy atom. The maximum Gasteiger partial charge on any atom is 0.0580 e. The van der Waals surface area contributed by atoms with Crippen molar-refractivity contribution < 1.29 is 19.7 Å². The highest BCUT2D eigenvalue weighted by Gasteiger charge is 2.29. The molecule has 22 heavy (non-hydrogen) atoms. The molecule has 0 spiro atoms. The van der Waals surface area contributed by atoms with Gasteiger partial charge in [0.25, 0.3) is 0 Å². The van der Waals surface area contributed by atoms with Gasteiger partial charge in [-0.1, -0.05) is 0 Å². The lowest BCUT2D eigenvalue weighted by atomic mass is 9.91. The molecule has 0 aromatic heterocycles. The van der Waals surface area contributed by atoms with E-state index in [1.807, 2.05) is 0 Å². The van der Waals surface area contributed by atoms with E-state index in [1.54, 1.807) is 0 Å². The molecule has 0 amide bonds. The quantitative estimate of drug-likeness (QED) is 0.838. The summed E-state index contributed by atoms with van der Waals surface area (Å²) >= 11 is 0. The highest BCUT2D eigenvalue weighted by atomic mass is 16.5. The van der Waals surface area contributed by atoms with Crippen molar-refractivity contribution in [1.82, 2.24) is 0 Å². The molecule has 0 aliphatic heterocycles. The summed E-state index contributed by atoms with van der Waals surface area (Å²) in [5.41, 5.74) is 0. The molecule has 0 heterocycles. The Hall–Kier alpha value is -0.160. The normalized spacial score (nSPS) is 43.9. The predicted octanol–water partition coefficient (Wildman–Crippen LogP) is 2.94. The molecule has 3 aliphatic rings. The van der Waals surface area contributed by atoms with Gasteiger partial charge < -0.3 is 19.7 Å². The smallest absolute Gasteiger partial charge is 0.0580 e. The van der Waals surface area contributed by atoms with Gasteiger partial charge in [0.1, 0.15) is 0 Å². The molecule has 0 bridgehead atoms. The van der Waals surface area contributed by atoms with Gasteiger partial charge in [-0.05, 0) is 77.0 Å². The Morgan fingerprint density at radius 2 is 0.636 bits per heavy atom. The largest absolute Gasteiger partial charge is 0.393 e. The van der Waals surface area contributed by atoms with Gasteiger partial charge in [0.05, 0.1) is 36.6 Å². The zero-order valence-electron chi connectivity index (χ0n) is 13.7. The van der Waals surface area contributed by atoms with Gasteiger partial charge in [-0.15, -0.1) is 0 Å². The van der Waals surface area contributed by atoms with Crippen molar-refractivity contribution in [3.05, 3.63) is 0 Å². The number of aliphatic hydroxyl groups is 2. The summed E-state index contributed by atoms with van der Waals surface area (Å²) in [7, 11) is 0. The van der Waals surface area contributed by atoms with Gasteiger partial charge >= 0.3 is 0 Å². The summed E-state index contributed by atoms with van der Waals surface area (Å²) in [5.74, 6) is 0. The van der Waals surface area contributed by atoms with Crippen molar-refractivity contribution in [3.8, 4) is 0 Å². The second-order valence-electron chi connectivity index (χ2n) is 7.53. The topological polar surface area (TPSA) is 58.9 Å². The summed E-state index contributed by atoms with van der Waals surface area (Å²) in [6.07, 6.45) is 13.4. The maximum atomic E-state index is 9.55. The molecule has 3 saturated carbocycles. The van der Waals surface area contributed by atoms with Gasteiger partial charge in [0.15, 0.2) is 0 Å². The minimum absolute atomic E-state index is 0.0991. The molecule has 0 aromatic carbocycles. The SMILES string of the molecule is OC1CCC(OC2CCC(OC3CCC(O)CC3)CC2)CC1. The molecule has 3 aliphatic carbocycles.